The predicted octanol–water partition coefficient (Wildman–Crippen LogP) is 4.18. The van der Waals surface area contributed by atoms with E-state index in [-0.39, 0.29) is 5.78 Å². The molecular weight excluding hydrogens is 420 g/mol. The Bertz CT molecular complexity index is 1150. The van der Waals surface area contributed by atoms with Crippen LogP contribution in [0.5, 0.6) is 0 Å². The maximum absolute atomic E-state index is 12.7. The van der Waals surface area contributed by atoms with Crippen molar-refractivity contribution < 1.29 is 13.2 Å². The summed E-state index contributed by atoms with van der Waals surface area (Å²) in [6.45, 7) is 3.03. The lowest BCUT2D eigenvalue weighted by atomic mass is 10.0. The molecule has 2 heterocycles. The predicted molar refractivity (Wildman–Crippen MR) is 120 cm³/mol. The standard InChI is InChI=1S/C21H22N4O3S2/c1-15-6-2-3-7-18(15)20(26)19-14-22-21(29-19)23-16-8-10-17(11-9-16)24-30(27,28)25-12-4-5-13-25/h2-3,6-11,14,24H,4-5,12-13H2,1H3,(H,22,23). The number of nitrogens with one attached hydrogen (secondary N) is 2. The minimum Gasteiger partial charge on any atom is -0.332 e. The number of hydrogen-bond donors (Lipinski definition) is 2. The summed E-state index contributed by atoms with van der Waals surface area (Å²) in [5, 5.41) is 3.75. The van der Waals surface area contributed by atoms with Gasteiger partial charge in [-0.1, -0.05) is 35.6 Å². The molecule has 9 heteroatoms. The first kappa shape index (κ1) is 20.5. The number of benzene rings is 2. The first-order valence-electron chi connectivity index (χ1n) is 9.63. The Labute approximate surface area is 180 Å². The molecule has 7 nitrogen and oxygen atoms in total. The number of aromatic nitrogens is 1. The van der Waals surface area contributed by atoms with Crippen molar-refractivity contribution in [2.24, 2.45) is 0 Å². The number of thiazole rings is 1. The quantitative estimate of drug-likeness (QED) is 0.536. The Morgan fingerprint density at radius 1 is 1.03 bits per heavy atom. The van der Waals surface area contributed by atoms with Crippen LogP contribution in [-0.4, -0.2) is 36.6 Å². The third-order valence-electron chi connectivity index (χ3n) is 4.91. The van der Waals surface area contributed by atoms with Crippen LogP contribution < -0.4 is 10.0 Å². The minimum absolute atomic E-state index is 0.0506. The fraction of sp³-hybridized carbons (Fsp3) is 0.238. The molecule has 30 heavy (non-hydrogen) atoms. The summed E-state index contributed by atoms with van der Waals surface area (Å²) in [6.07, 6.45) is 3.36. The molecule has 156 valence electrons. The van der Waals surface area contributed by atoms with Gasteiger partial charge in [0.25, 0.3) is 0 Å². The van der Waals surface area contributed by atoms with Gasteiger partial charge in [-0.3, -0.25) is 9.52 Å². The molecule has 0 unspecified atom stereocenters. The molecule has 0 spiro atoms. The number of carbonyl (C=O) groups is 1. The van der Waals surface area contributed by atoms with Crippen LogP contribution in [0.2, 0.25) is 0 Å². The van der Waals surface area contributed by atoms with Gasteiger partial charge in [-0.2, -0.15) is 12.7 Å². The molecule has 2 aromatic carbocycles. The molecule has 1 aliphatic heterocycles. The van der Waals surface area contributed by atoms with E-state index in [1.807, 2.05) is 31.2 Å². The van der Waals surface area contributed by atoms with E-state index >= 15 is 0 Å². The molecule has 1 fully saturated rings. The SMILES string of the molecule is Cc1ccccc1C(=O)c1cnc(Nc2ccc(NS(=O)(=O)N3CCCC3)cc2)s1. The number of hydrogen-bond acceptors (Lipinski definition) is 6. The van der Waals surface area contributed by atoms with Crippen molar-refractivity contribution in [3.63, 3.8) is 0 Å². The van der Waals surface area contributed by atoms with Crippen molar-refractivity contribution in [1.29, 1.82) is 0 Å². The zero-order valence-corrected chi connectivity index (χ0v) is 18.1. The van der Waals surface area contributed by atoms with Crippen molar-refractivity contribution in [1.82, 2.24) is 9.29 Å². The summed E-state index contributed by atoms with van der Waals surface area (Å²) >= 11 is 1.28. The number of nitrogens with zero attached hydrogens (tertiary/aromatic N) is 2. The van der Waals surface area contributed by atoms with Crippen LogP contribution >= 0.6 is 11.3 Å². The number of rotatable bonds is 7. The van der Waals surface area contributed by atoms with Crippen LogP contribution in [0.3, 0.4) is 0 Å². The van der Waals surface area contributed by atoms with E-state index in [0.29, 0.717) is 34.3 Å². The summed E-state index contributed by atoms with van der Waals surface area (Å²) in [4.78, 5) is 17.5. The summed E-state index contributed by atoms with van der Waals surface area (Å²) in [5.41, 5.74) is 2.85. The summed E-state index contributed by atoms with van der Waals surface area (Å²) < 4.78 is 28.8. The average molecular weight is 443 g/mol. The molecule has 0 aliphatic carbocycles. The molecule has 0 radical (unpaired) electrons. The summed E-state index contributed by atoms with van der Waals surface area (Å²) in [5.74, 6) is -0.0506. The van der Waals surface area contributed by atoms with Gasteiger partial charge in [0.05, 0.1) is 11.1 Å². The van der Waals surface area contributed by atoms with Gasteiger partial charge >= 0.3 is 10.2 Å². The molecule has 0 bridgehead atoms. The van der Waals surface area contributed by atoms with E-state index in [0.717, 1.165) is 24.1 Å². The second-order valence-corrected chi connectivity index (χ2v) is 9.79. The van der Waals surface area contributed by atoms with Crippen molar-refractivity contribution in [3.05, 3.63) is 70.7 Å². The van der Waals surface area contributed by atoms with Crippen molar-refractivity contribution in [2.75, 3.05) is 23.1 Å². The minimum atomic E-state index is -3.51. The number of aryl methyl sites for hydroxylation is 1. The Morgan fingerprint density at radius 3 is 2.40 bits per heavy atom. The topological polar surface area (TPSA) is 91.4 Å². The molecule has 1 saturated heterocycles. The highest BCUT2D eigenvalue weighted by atomic mass is 32.2. The maximum atomic E-state index is 12.7. The van der Waals surface area contributed by atoms with Crippen molar-refractivity contribution in [2.45, 2.75) is 19.8 Å². The zero-order valence-electron chi connectivity index (χ0n) is 16.5. The first-order valence-corrected chi connectivity index (χ1v) is 11.9. The van der Waals surface area contributed by atoms with Crippen LogP contribution in [0.25, 0.3) is 0 Å². The highest BCUT2D eigenvalue weighted by molar-refractivity contribution is 7.90. The highest BCUT2D eigenvalue weighted by Gasteiger charge is 2.25. The molecule has 1 aromatic heterocycles. The molecule has 2 N–H and O–H groups in total. The van der Waals surface area contributed by atoms with Gasteiger partial charge in [0.2, 0.25) is 5.78 Å². The van der Waals surface area contributed by atoms with Crippen LogP contribution in [0.15, 0.2) is 54.7 Å². The van der Waals surface area contributed by atoms with Gasteiger partial charge in [0, 0.05) is 30.0 Å². The highest BCUT2D eigenvalue weighted by Crippen LogP contribution is 2.26. The normalized spacial score (nSPS) is 14.6. The van der Waals surface area contributed by atoms with E-state index in [9.17, 15) is 13.2 Å². The van der Waals surface area contributed by atoms with Crippen molar-refractivity contribution in [3.8, 4) is 0 Å². The zero-order chi connectivity index (χ0) is 21.1. The van der Waals surface area contributed by atoms with Gasteiger partial charge in [-0.05, 0) is 49.6 Å². The van der Waals surface area contributed by atoms with E-state index in [4.69, 9.17) is 0 Å². The smallest absolute Gasteiger partial charge is 0.301 e. The van der Waals surface area contributed by atoms with Gasteiger partial charge in [0.1, 0.15) is 0 Å². The van der Waals surface area contributed by atoms with Crippen LogP contribution in [-0.2, 0) is 10.2 Å². The maximum Gasteiger partial charge on any atom is 0.301 e. The molecule has 1 aliphatic rings. The average Bonchev–Trinajstić information content (AvgIpc) is 3.42. The van der Waals surface area contributed by atoms with Gasteiger partial charge < -0.3 is 5.32 Å². The molecule has 3 aromatic rings. The van der Waals surface area contributed by atoms with E-state index in [1.165, 1.54) is 15.6 Å². The fourth-order valence-corrected chi connectivity index (χ4v) is 5.38. The van der Waals surface area contributed by atoms with Gasteiger partial charge in [-0.15, -0.1) is 0 Å². The Kier molecular flexibility index (Phi) is 5.85. The lowest BCUT2D eigenvalue weighted by Gasteiger charge is -2.17. The first-order chi connectivity index (χ1) is 14.4. The second-order valence-electron chi connectivity index (χ2n) is 7.09. The molecule has 0 saturated carbocycles. The van der Waals surface area contributed by atoms with Gasteiger partial charge in [0.15, 0.2) is 5.13 Å². The van der Waals surface area contributed by atoms with E-state index in [1.54, 1.807) is 30.5 Å². The fourth-order valence-electron chi connectivity index (χ4n) is 3.28. The van der Waals surface area contributed by atoms with Crippen LogP contribution in [0.4, 0.5) is 16.5 Å². The molecule has 0 amide bonds. The molecule has 0 atom stereocenters. The Hall–Kier alpha value is -2.75. The largest absolute Gasteiger partial charge is 0.332 e. The third kappa shape index (κ3) is 4.53. The molecular formula is C21H22N4O3S2. The summed E-state index contributed by atoms with van der Waals surface area (Å²) in [6, 6.07) is 14.4. The number of carbonyl (C=O) groups excluding carboxylic acids is 1. The lowest BCUT2D eigenvalue weighted by molar-refractivity contribution is 0.104. The van der Waals surface area contributed by atoms with E-state index < -0.39 is 10.2 Å². The number of anilines is 3. The second kappa shape index (κ2) is 8.55. The molecule has 4 rings (SSSR count). The Balaban J connectivity index is 1.42. The summed E-state index contributed by atoms with van der Waals surface area (Å²) in [7, 11) is -3.51. The van der Waals surface area contributed by atoms with Crippen LogP contribution in [0, 0.1) is 6.92 Å². The Morgan fingerprint density at radius 2 is 1.70 bits per heavy atom. The third-order valence-corrected chi connectivity index (χ3v) is 7.36. The van der Waals surface area contributed by atoms with Crippen molar-refractivity contribution >= 4 is 43.8 Å². The van der Waals surface area contributed by atoms with E-state index in [2.05, 4.69) is 15.0 Å². The van der Waals surface area contributed by atoms with Gasteiger partial charge in [-0.25, -0.2) is 4.98 Å². The monoisotopic (exact) mass is 442 g/mol. The number of ketones is 1. The lowest BCUT2D eigenvalue weighted by Crippen LogP contribution is -2.33. The van der Waals surface area contributed by atoms with Crippen LogP contribution in [0.1, 0.15) is 33.6 Å².